The van der Waals surface area contributed by atoms with Gasteiger partial charge in [-0.25, -0.2) is 0 Å². The number of piperidine rings is 1. The number of likely N-dealkylation sites (tertiary alicyclic amines) is 1. The van der Waals surface area contributed by atoms with Crippen molar-refractivity contribution in [3.05, 3.63) is 0 Å². The topological polar surface area (TPSA) is 56.1 Å². The summed E-state index contributed by atoms with van der Waals surface area (Å²) < 4.78 is 0. The number of amides is 1. The Morgan fingerprint density at radius 2 is 1.95 bits per heavy atom. The molecular formula is C15H27N3O. The minimum Gasteiger partial charge on any atom is -0.337 e. The van der Waals surface area contributed by atoms with Gasteiger partial charge in [-0.2, -0.15) is 5.26 Å². The number of hydrogen-bond donors (Lipinski definition) is 1. The largest absolute Gasteiger partial charge is 0.337 e. The van der Waals surface area contributed by atoms with E-state index in [1.165, 1.54) is 6.42 Å². The summed E-state index contributed by atoms with van der Waals surface area (Å²) in [4.78, 5) is 14.3. The quantitative estimate of drug-likeness (QED) is 0.846. The van der Waals surface area contributed by atoms with Crippen LogP contribution in [0.4, 0.5) is 0 Å². The third-order valence-corrected chi connectivity index (χ3v) is 4.10. The van der Waals surface area contributed by atoms with Crippen LogP contribution in [0.5, 0.6) is 0 Å². The summed E-state index contributed by atoms with van der Waals surface area (Å²) >= 11 is 0. The number of nitrogens with one attached hydrogen (secondary N) is 1. The fraction of sp³-hybridized carbons (Fsp3) is 0.867. The maximum absolute atomic E-state index is 12.1. The van der Waals surface area contributed by atoms with E-state index in [4.69, 9.17) is 0 Å². The maximum atomic E-state index is 12.1. The average Bonchev–Trinajstić information content (AvgIpc) is 2.26. The van der Waals surface area contributed by atoms with Gasteiger partial charge in [0.25, 0.3) is 0 Å². The zero-order chi connectivity index (χ0) is 14.6. The first-order valence-electron chi connectivity index (χ1n) is 7.21. The van der Waals surface area contributed by atoms with Crippen molar-refractivity contribution in [3.63, 3.8) is 0 Å². The average molecular weight is 265 g/mol. The van der Waals surface area contributed by atoms with Gasteiger partial charge in [-0.15, -0.1) is 0 Å². The van der Waals surface area contributed by atoms with Gasteiger partial charge in [0, 0.05) is 13.1 Å². The molecule has 0 radical (unpaired) electrons. The molecule has 0 aliphatic carbocycles. The number of rotatable bonds is 4. The second kappa shape index (κ2) is 6.38. The molecule has 0 aromatic rings. The summed E-state index contributed by atoms with van der Waals surface area (Å²) in [7, 11) is 0. The molecule has 0 saturated carbocycles. The third kappa shape index (κ3) is 4.50. The molecule has 0 unspecified atom stereocenters. The van der Waals surface area contributed by atoms with E-state index in [0.717, 1.165) is 13.1 Å². The van der Waals surface area contributed by atoms with Gasteiger partial charge in [-0.1, -0.05) is 27.7 Å². The van der Waals surface area contributed by atoms with Crippen molar-refractivity contribution in [2.75, 3.05) is 19.6 Å². The molecule has 1 saturated heterocycles. The molecule has 3 atom stereocenters. The molecule has 4 nitrogen and oxygen atoms in total. The lowest BCUT2D eigenvalue weighted by Gasteiger charge is -2.35. The zero-order valence-corrected chi connectivity index (χ0v) is 12.9. The lowest BCUT2D eigenvalue weighted by atomic mass is 9.89. The van der Waals surface area contributed by atoms with Crippen LogP contribution in [0.1, 0.15) is 41.0 Å². The number of carbonyl (C=O) groups is 1. The van der Waals surface area contributed by atoms with Crippen molar-refractivity contribution in [2.24, 2.45) is 17.8 Å². The standard InChI is InChI=1S/C15H27N3O/c1-11(2)15(5,10-16)17-14(19)9-18-7-12(3)6-13(4)8-18/h11-13H,6-9H2,1-5H3,(H,17,19)/t12-,13-,15-/m0/s1. The van der Waals surface area contributed by atoms with E-state index in [-0.39, 0.29) is 11.8 Å². The SMILES string of the molecule is CC(C)[C@](C)(C#N)NC(=O)CN1C[C@@H](C)C[C@H](C)C1. The highest BCUT2D eigenvalue weighted by Crippen LogP contribution is 2.21. The zero-order valence-electron chi connectivity index (χ0n) is 12.9. The monoisotopic (exact) mass is 265 g/mol. The molecule has 4 heteroatoms. The molecule has 1 amide bonds. The summed E-state index contributed by atoms with van der Waals surface area (Å²) in [5, 5.41) is 12.1. The van der Waals surface area contributed by atoms with Crippen LogP contribution in [0.3, 0.4) is 0 Å². The van der Waals surface area contributed by atoms with Gasteiger partial charge in [0.15, 0.2) is 0 Å². The molecule has 19 heavy (non-hydrogen) atoms. The highest BCUT2D eigenvalue weighted by atomic mass is 16.2. The smallest absolute Gasteiger partial charge is 0.235 e. The first-order chi connectivity index (χ1) is 8.76. The van der Waals surface area contributed by atoms with Gasteiger partial charge in [0.05, 0.1) is 12.6 Å². The Hall–Kier alpha value is -1.08. The Morgan fingerprint density at radius 3 is 2.37 bits per heavy atom. The van der Waals surface area contributed by atoms with Gasteiger partial charge in [-0.05, 0) is 31.1 Å². The first kappa shape index (κ1) is 16.0. The predicted molar refractivity (Wildman–Crippen MR) is 76.4 cm³/mol. The van der Waals surface area contributed by atoms with Crippen LogP contribution in [0.15, 0.2) is 0 Å². The van der Waals surface area contributed by atoms with Crippen LogP contribution in [-0.2, 0) is 4.79 Å². The molecule has 1 fully saturated rings. The van der Waals surface area contributed by atoms with Crippen LogP contribution in [0.25, 0.3) is 0 Å². The highest BCUT2D eigenvalue weighted by molar-refractivity contribution is 5.79. The Balaban J connectivity index is 2.54. The van der Waals surface area contributed by atoms with Crippen LogP contribution in [0.2, 0.25) is 0 Å². The lowest BCUT2D eigenvalue weighted by Crippen LogP contribution is -2.53. The molecule has 0 spiro atoms. The second-order valence-electron chi connectivity index (χ2n) is 6.66. The molecule has 1 rings (SSSR count). The van der Waals surface area contributed by atoms with E-state index < -0.39 is 5.54 Å². The number of hydrogen-bond acceptors (Lipinski definition) is 3. The van der Waals surface area contributed by atoms with Gasteiger partial charge in [0.2, 0.25) is 5.91 Å². The first-order valence-corrected chi connectivity index (χ1v) is 7.21. The normalized spacial score (nSPS) is 27.6. The molecule has 0 aromatic heterocycles. The molecule has 1 heterocycles. The molecule has 0 aromatic carbocycles. The van der Waals surface area contributed by atoms with Crippen LogP contribution in [0, 0.1) is 29.1 Å². The second-order valence-corrected chi connectivity index (χ2v) is 6.66. The summed E-state index contributed by atoms with van der Waals surface area (Å²) in [6, 6.07) is 2.21. The molecule has 1 N–H and O–H groups in total. The van der Waals surface area contributed by atoms with Crippen molar-refractivity contribution < 1.29 is 4.79 Å². The predicted octanol–water partition coefficient (Wildman–Crippen LogP) is 2.02. The summed E-state index contributed by atoms with van der Waals surface area (Å²) in [6.07, 6.45) is 1.24. The van der Waals surface area contributed by atoms with Crippen molar-refractivity contribution in [2.45, 2.75) is 46.6 Å². The number of nitrogens with zero attached hydrogens (tertiary/aromatic N) is 2. The number of carbonyl (C=O) groups excluding carboxylic acids is 1. The molecule has 1 aliphatic rings. The van der Waals surface area contributed by atoms with E-state index in [2.05, 4.69) is 30.1 Å². The third-order valence-electron chi connectivity index (χ3n) is 4.10. The maximum Gasteiger partial charge on any atom is 0.235 e. The minimum atomic E-state index is -0.774. The molecule has 108 valence electrons. The Kier molecular flexibility index (Phi) is 5.37. The van der Waals surface area contributed by atoms with E-state index in [9.17, 15) is 10.1 Å². The van der Waals surface area contributed by atoms with Gasteiger partial charge < -0.3 is 5.32 Å². The number of nitriles is 1. The summed E-state index contributed by atoms with van der Waals surface area (Å²) in [5.74, 6) is 1.34. The van der Waals surface area contributed by atoms with Crippen LogP contribution >= 0.6 is 0 Å². The fourth-order valence-corrected chi connectivity index (χ4v) is 2.75. The fourth-order valence-electron chi connectivity index (χ4n) is 2.75. The van der Waals surface area contributed by atoms with E-state index >= 15 is 0 Å². The highest BCUT2D eigenvalue weighted by Gasteiger charge is 2.31. The van der Waals surface area contributed by atoms with Crippen molar-refractivity contribution in [3.8, 4) is 6.07 Å². The minimum absolute atomic E-state index is 0.0425. The van der Waals surface area contributed by atoms with Gasteiger partial charge in [-0.3, -0.25) is 9.69 Å². The van der Waals surface area contributed by atoms with Crippen molar-refractivity contribution in [1.82, 2.24) is 10.2 Å². The Labute approximate surface area is 117 Å². The van der Waals surface area contributed by atoms with E-state index in [1.54, 1.807) is 6.92 Å². The van der Waals surface area contributed by atoms with Crippen LogP contribution in [-0.4, -0.2) is 36.0 Å². The van der Waals surface area contributed by atoms with Crippen molar-refractivity contribution in [1.29, 1.82) is 5.26 Å². The van der Waals surface area contributed by atoms with Crippen molar-refractivity contribution >= 4 is 5.91 Å². The molecule has 1 aliphatic heterocycles. The van der Waals surface area contributed by atoms with Crippen LogP contribution < -0.4 is 5.32 Å². The van der Waals surface area contributed by atoms with E-state index in [1.807, 2.05) is 13.8 Å². The summed E-state index contributed by atoms with van der Waals surface area (Å²) in [6.45, 7) is 12.5. The Morgan fingerprint density at radius 1 is 1.42 bits per heavy atom. The van der Waals surface area contributed by atoms with Gasteiger partial charge >= 0.3 is 0 Å². The van der Waals surface area contributed by atoms with Gasteiger partial charge in [0.1, 0.15) is 5.54 Å². The Bertz CT molecular complexity index is 351. The molecular weight excluding hydrogens is 238 g/mol. The van der Waals surface area contributed by atoms with E-state index in [0.29, 0.717) is 18.4 Å². The summed E-state index contributed by atoms with van der Waals surface area (Å²) in [5.41, 5.74) is -0.774. The molecule has 0 bridgehead atoms. The lowest BCUT2D eigenvalue weighted by molar-refractivity contribution is -0.124.